The van der Waals surface area contributed by atoms with E-state index in [4.69, 9.17) is 25.8 Å². The Morgan fingerprint density at radius 2 is 1.79 bits per heavy atom. The number of Topliss-reactive ketones (excluding diaryl/α,β-unsaturated/α-hetero) is 1. The van der Waals surface area contributed by atoms with Crippen LogP contribution in [0.3, 0.4) is 0 Å². The standard InChI is InChI=1S/C32H49ClO5/c1-9-11-19-37-31(38-20-12-10-2)27-23(5)28(33)30(36-8)25(29(27)35)15-13-21(3)17-18-32(7)22(4)14-16-26(34)24(32)6/h13,17-18,22,24,31,35H,9-12,14-16,19-20H2,1-8H3/b18-17+,21-13+. The van der Waals surface area contributed by atoms with E-state index in [-0.39, 0.29) is 17.1 Å². The number of ketones is 1. The van der Waals surface area contributed by atoms with E-state index in [1.165, 1.54) is 0 Å². The van der Waals surface area contributed by atoms with E-state index >= 15 is 0 Å². The highest BCUT2D eigenvalue weighted by Crippen LogP contribution is 2.46. The van der Waals surface area contributed by atoms with Gasteiger partial charge in [-0.25, -0.2) is 0 Å². The maximum absolute atomic E-state index is 12.4. The molecule has 1 fully saturated rings. The molecule has 0 spiro atoms. The minimum atomic E-state index is -0.702. The van der Waals surface area contributed by atoms with Crippen molar-refractivity contribution in [3.8, 4) is 11.5 Å². The van der Waals surface area contributed by atoms with Gasteiger partial charge in [-0.05, 0) is 56.4 Å². The van der Waals surface area contributed by atoms with Gasteiger partial charge in [0.05, 0.1) is 30.9 Å². The van der Waals surface area contributed by atoms with E-state index in [2.05, 4.69) is 45.9 Å². The van der Waals surface area contributed by atoms with Crippen LogP contribution in [0.4, 0.5) is 0 Å². The zero-order valence-electron chi connectivity index (χ0n) is 24.8. The predicted octanol–water partition coefficient (Wildman–Crippen LogP) is 8.68. The number of unbranched alkanes of at least 4 members (excludes halogenated alkanes) is 2. The fourth-order valence-corrected chi connectivity index (χ4v) is 5.35. The number of ether oxygens (including phenoxy) is 3. The lowest BCUT2D eigenvalue weighted by molar-refractivity contribution is -0.149. The van der Waals surface area contributed by atoms with Gasteiger partial charge in [0.25, 0.3) is 0 Å². The molecule has 0 saturated heterocycles. The second-order valence-corrected chi connectivity index (χ2v) is 11.4. The van der Waals surface area contributed by atoms with Crippen molar-refractivity contribution in [3.63, 3.8) is 0 Å². The number of allylic oxidation sites excluding steroid dienone is 4. The Morgan fingerprint density at radius 3 is 2.34 bits per heavy atom. The minimum absolute atomic E-state index is 0.00440. The number of benzene rings is 1. The van der Waals surface area contributed by atoms with Crippen LogP contribution in [0.25, 0.3) is 0 Å². The van der Waals surface area contributed by atoms with Crippen molar-refractivity contribution in [2.24, 2.45) is 17.3 Å². The second kappa shape index (κ2) is 15.1. The fourth-order valence-electron chi connectivity index (χ4n) is 5.05. The van der Waals surface area contributed by atoms with Crippen LogP contribution >= 0.6 is 11.6 Å². The van der Waals surface area contributed by atoms with Gasteiger partial charge in [0, 0.05) is 17.9 Å². The molecule has 1 saturated carbocycles. The number of phenolic OH excluding ortho intramolecular Hbond substituents is 1. The number of methoxy groups -OCH3 is 1. The average Bonchev–Trinajstić information content (AvgIpc) is 2.90. The van der Waals surface area contributed by atoms with Gasteiger partial charge in [-0.2, -0.15) is 0 Å². The van der Waals surface area contributed by atoms with Crippen LogP contribution in [0.1, 0.15) is 103 Å². The first-order valence-corrected chi connectivity index (χ1v) is 14.6. The third kappa shape index (κ3) is 7.64. The molecular weight excluding hydrogens is 500 g/mol. The van der Waals surface area contributed by atoms with Crippen LogP contribution in [-0.4, -0.2) is 31.2 Å². The monoisotopic (exact) mass is 548 g/mol. The van der Waals surface area contributed by atoms with E-state index < -0.39 is 6.29 Å². The van der Waals surface area contributed by atoms with Gasteiger partial charge in [0.1, 0.15) is 17.3 Å². The fraction of sp³-hybridized carbons (Fsp3) is 0.656. The Bertz CT molecular complexity index is 988. The molecule has 1 N–H and O–H groups in total. The molecule has 1 aliphatic rings. The summed E-state index contributed by atoms with van der Waals surface area (Å²) in [5, 5.41) is 11.9. The topological polar surface area (TPSA) is 65.0 Å². The summed E-state index contributed by atoms with van der Waals surface area (Å²) in [5.74, 6) is 1.33. The minimum Gasteiger partial charge on any atom is -0.507 e. The molecule has 0 heterocycles. The smallest absolute Gasteiger partial charge is 0.187 e. The van der Waals surface area contributed by atoms with Gasteiger partial charge >= 0.3 is 0 Å². The molecule has 1 aliphatic carbocycles. The van der Waals surface area contributed by atoms with E-state index in [0.717, 1.165) is 37.7 Å². The van der Waals surface area contributed by atoms with Crippen molar-refractivity contribution >= 4 is 17.4 Å². The van der Waals surface area contributed by atoms with Crippen LogP contribution in [0, 0.1) is 24.2 Å². The highest BCUT2D eigenvalue weighted by Gasteiger charge is 2.41. The summed E-state index contributed by atoms with van der Waals surface area (Å²) < 4.78 is 17.8. The number of carbonyl (C=O) groups is 1. The molecule has 1 aromatic rings. The van der Waals surface area contributed by atoms with Crippen LogP contribution < -0.4 is 4.74 Å². The lowest BCUT2D eigenvalue weighted by atomic mass is 9.61. The molecule has 6 heteroatoms. The van der Waals surface area contributed by atoms with Gasteiger partial charge in [-0.15, -0.1) is 0 Å². The average molecular weight is 549 g/mol. The maximum Gasteiger partial charge on any atom is 0.187 e. The second-order valence-electron chi connectivity index (χ2n) is 11.0. The summed E-state index contributed by atoms with van der Waals surface area (Å²) in [5.41, 5.74) is 2.73. The van der Waals surface area contributed by atoms with Crippen LogP contribution in [0.2, 0.25) is 5.02 Å². The lowest BCUT2D eigenvalue weighted by Crippen LogP contribution is -2.40. The molecule has 0 amide bonds. The van der Waals surface area contributed by atoms with Gasteiger partial charge in [0.2, 0.25) is 0 Å². The molecule has 3 unspecified atom stereocenters. The van der Waals surface area contributed by atoms with E-state index in [1.54, 1.807) is 7.11 Å². The molecule has 2 rings (SSSR count). The Morgan fingerprint density at radius 1 is 1.18 bits per heavy atom. The van der Waals surface area contributed by atoms with E-state index in [0.29, 0.717) is 65.2 Å². The summed E-state index contributed by atoms with van der Waals surface area (Å²) >= 11 is 6.77. The Hall–Kier alpha value is -1.82. The summed E-state index contributed by atoms with van der Waals surface area (Å²) in [6.07, 6.45) is 11.5. The predicted molar refractivity (Wildman–Crippen MR) is 156 cm³/mol. The van der Waals surface area contributed by atoms with Crippen molar-refractivity contribution in [1.82, 2.24) is 0 Å². The molecule has 1 aromatic carbocycles. The molecule has 3 atom stereocenters. The summed E-state index contributed by atoms with van der Waals surface area (Å²) in [6, 6.07) is 0. The van der Waals surface area contributed by atoms with Crippen molar-refractivity contribution < 1.29 is 24.1 Å². The number of phenols is 1. The zero-order chi connectivity index (χ0) is 28.5. The lowest BCUT2D eigenvalue weighted by Gasteiger charge is -2.42. The number of rotatable bonds is 14. The van der Waals surface area contributed by atoms with Crippen molar-refractivity contribution in [3.05, 3.63) is 45.5 Å². The summed E-state index contributed by atoms with van der Waals surface area (Å²) in [6.45, 7) is 15.6. The summed E-state index contributed by atoms with van der Waals surface area (Å²) in [4.78, 5) is 12.4. The Labute approximate surface area is 235 Å². The SMILES string of the molecule is CCCCOC(OCCCC)c1c(C)c(Cl)c(OC)c(C/C=C(C)/C=C/C2(C)C(C)CCC(=O)C2C)c1O. The van der Waals surface area contributed by atoms with E-state index in [9.17, 15) is 9.90 Å². The Kier molecular flexibility index (Phi) is 12.9. The number of aromatic hydroxyl groups is 1. The highest BCUT2D eigenvalue weighted by molar-refractivity contribution is 6.33. The molecular formula is C32H49ClO5. The quantitative estimate of drug-likeness (QED) is 0.143. The number of carbonyl (C=O) groups excluding carboxylic acids is 1. The van der Waals surface area contributed by atoms with Crippen LogP contribution in [0.15, 0.2) is 23.8 Å². The van der Waals surface area contributed by atoms with Crippen molar-refractivity contribution in [2.45, 2.75) is 99.7 Å². The van der Waals surface area contributed by atoms with Gasteiger partial charge in [-0.3, -0.25) is 4.79 Å². The largest absolute Gasteiger partial charge is 0.507 e. The third-order valence-electron chi connectivity index (χ3n) is 8.36. The van der Waals surface area contributed by atoms with Crippen molar-refractivity contribution in [1.29, 1.82) is 0 Å². The molecule has 0 bridgehead atoms. The van der Waals surface area contributed by atoms with Crippen LogP contribution in [-0.2, 0) is 20.7 Å². The van der Waals surface area contributed by atoms with Gasteiger partial charge in [0.15, 0.2) is 6.29 Å². The molecule has 0 aliphatic heterocycles. The van der Waals surface area contributed by atoms with E-state index in [1.807, 2.05) is 20.8 Å². The normalized spacial score (nSPS) is 22.6. The number of halogens is 1. The first-order chi connectivity index (χ1) is 18.0. The third-order valence-corrected chi connectivity index (χ3v) is 8.81. The molecule has 0 aromatic heterocycles. The van der Waals surface area contributed by atoms with Gasteiger partial charge < -0.3 is 19.3 Å². The maximum atomic E-state index is 12.4. The summed E-state index contributed by atoms with van der Waals surface area (Å²) in [7, 11) is 1.57. The van der Waals surface area contributed by atoms with Crippen molar-refractivity contribution in [2.75, 3.05) is 20.3 Å². The number of hydrogen-bond acceptors (Lipinski definition) is 5. The Balaban J connectivity index is 2.41. The van der Waals surface area contributed by atoms with Gasteiger partial charge in [-0.1, -0.05) is 82.9 Å². The zero-order valence-corrected chi connectivity index (χ0v) is 25.5. The molecule has 0 radical (unpaired) electrons. The first-order valence-electron chi connectivity index (χ1n) is 14.2. The highest BCUT2D eigenvalue weighted by atomic mass is 35.5. The molecule has 5 nitrogen and oxygen atoms in total. The first kappa shape index (κ1) is 32.4. The molecule has 38 heavy (non-hydrogen) atoms. The number of hydrogen-bond donors (Lipinski definition) is 1. The molecule has 214 valence electrons. The van der Waals surface area contributed by atoms with Crippen LogP contribution in [0.5, 0.6) is 11.5 Å².